The molecule has 0 aliphatic carbocycles. The molecule has 136 valence electrons. The van der Waals surface area contributed by atoms with E-state index in [2.05, 4.69) is 25.9 Å². The van der Waals surface area contributed by atoms with Crippen molar-refractivity contribution in [2.75, 3.05) is 0 Å². The smallest absolute Gasteiger partial charge is 0.255 e. The van der Waals surface area contributed by atoms with Gasteiger partial charge >= 0.3 is 0 Å². The van der Waals surface area contributed by atoms with E-state index in [1.807, 2.05) is 58.2 Å². The van der Waals surface area contributed by atoms with Gasteiger partial charge in [-0.15, -0.1) is 0 Å². The second-order valence-corrected chi connectivity index (χ2v) is 7.78. The highest BCUT2D eigenvalue weighted by Crippen LogP contribution is 2.26. The van der Waals surface area contributed by atoms with Crippen molar-refractivity contribution < 1.29 is 4.79 Å². The number of pyridine rings is 1. The third-order valence-corrected chi connectivity index (χ3v) is 5.03. The average Bonchev–Trinajstić information content (AvgIpc) is 3.00. The Morgan fingerprint density at radius 3 is 2.62 bits per heavy atom. The molecule has 0 fully saturated rings. The molecule has 0 radical (unpaired) electrons. The Hall–Kier alpha value is -2.34. The number of carbonyl (C=O) groups excluding carboxylic acids is 1. The highest BCUT2D eigenvalue weighted by molar-refractivity contribution is 9.10. The number of nitrogens with zero attached hydrogens (tertiary/aromatic N) is 1. The summed E-state index contributed by atoms with van der Waals surface area (Å²) in [5.74, 6) is -0.0923. The van der Waals surface area contributed by atoms with Crippen LogP contribution < -0.4 is 5.56 Å². The number of benzene rings is 1. The predicted molar refractivity (Wildman–Crippen MR) is 108 cm³/mol. The molecule has 1 aromatic carbocycles. The molecule has 0 aliphatic heterocycles. The first-order valence-electron chi connectivity index (χ1n) is 8.55. The molecule has 5 nitrogen and oxygen atoms in total. The molecule has 0 spiro atoms. The summed E-state index contributed by atoms with van der Waals surface area (Å²) in [5, 5.41) is 0.874. The van der Waals surface area contributed by atoms with Crippen molar-refractivity contribution in [3.63, 3.8) is 0 Å². The molecule has 6 heteroatoms. The fourth-order valence-electron chi connectivity index (χ4n) is 3.20. The van der Waals surface area contributed by atoms with Gasteiger partial charge in [-0.1, -0.05) is 15.9 Å². The van der Waals surface area contributed by atoms with Gasteiger partial charge in [-0.05, 0) is 57.5 Å². The van der Waals surface area contributed by atoms with Gasteiger partial charge in [0, 0.05) is 38.9 Å². The van der Waals surface area contributed by atoms with Crippen LogP contribution in [0.15, 0.2) is 39.7 Å². The Labute approximate surface area is 160 Å². The minimum atomic E-state index is -0.137. The molecule has 0 bridgehead atoms. The summed E-state index contributed by atoms with van der Waals surface area (Å²) in [4.78, 5) is 33.4. The van der Waals surface area contributed by atoms with E-state index in [0.717, 1.165) is 26.6 Å². The summed E-state index contributed by atoms with van der Waals surface area (Å²) >= 11 is 3.47. The molecule has 2 heterocycles. The SMILES string of the molecule is Cc1cc(C)c(CN(C(=O)c2cc(Br)cc3[nH]ccc23)C(C)C)c(=O)[nH]1. The summed E-state index contributed by atoms with van der Waals surface area (Å²) in [7, 11) is 0. The number of rotatable bonds is 4. The number of aryl methyl sites for hydroxylation is 2. The second kappa shape index (κ2) is 7.11. The standard InChI is InChI=1S/C20H22BrN3O2/c1-11(2)24(10-17-12(3)7-13(4)23-19(17)25)20(26)16-8-14(21)9-18-15(16)5-6-22-18/h5-9,11,22H,10H2,1-4H3,(H,23,25). The number of aromatic nitrogens is 2. The molecular weight excluding hydrogens is 394 g/mol. The third kappa shape index (κ3) is 3.46. The Balaban J connectivity index is 2.04. The van der Waals surface area contributed by atoms with Crippen LogP contribution in [0.5, 0.6) is 0 Å². The van der Waals surface area contributed by atoms with Crippen molar-refractivity contribution >= 4 is 32.7 Å². The van der Waals surface area contributed by atoms with Crippen molar-refractivity contribution in [2.45, 2.75) is 40.3 Å². The number of aromatic amines is 2. The first kappa shape index (κ1) is 18.5. The van der Waals surface area contributed by atoms with Crippen LogP contribution in [0.3, 0.4) is 0 Å². The Morgan fingerprint density at radius 1 is 1.23 bits per heavy atom. The van der Waals surface area contributed by atoms with Gasteiger partial charge in [0.25, 0.3) is 11.5 Å². The Bertz CT molecular complexity index is 1030. The van der Waals surface area contributed by atoms with Gasteiger partial charge < -0.3 is 14.9 Å². The van der Waals surface area contributed by atoms with Crippen molar-refractivity contribution in [1.82, 2.24) is 14.9 Å². The molecule has 0 unspecified atom stereocenters. The van der Waals surface area contributed by atoms with Gasteiger partial charge in [0.15, 0.2) is 0 Å². The molecule has 2 aromatic heterocycles. The van der Waals surface area contributed by atoms with Gasteiger partial charge in [0.1, 0.15) is 0 Å². The zero-order valence-electron chi connectivity index (χ0n) is 15.3. The van der Waals surface area contributed by atoms with E-state index in [1.54, 1.807) is 4.90 Å². The zero-order chi connectivity index (χ0) is 19.0. The van der Waals surface area contributed by atoms with E-state index in [1.165, 1.54) is 0 Å². The van der Waals surface area contributed by atoms with E-state index >= 15 is 0 Å². The lowest BCUT2D eigenvalue weighted by atomic mass is 10.1. The topological polar surface area (TPSA) is 69.0 Å². The maximum Gasteiger partial charge on any atom is 0.255 e. The fourth-order valence-corrected chi connectivity index (χ4v) is 3.66. The van der Waals surface area contributed by atoms with Crippen LogP contribution in [0, 0.1) is 13.8 Å². The number of carbonyl (C=O) groups is 1. The van der Waals surface area contributed by atoms with Crippen molar-refractivity contribution in [3.8, 4) is 0 Å². The quantitative estimate of drug-likeness (QED) is 0.667. The lowest BCUT2D eigenvalue weighted by Gasteiger charge is -2.27. The molecule has 3 rings (SSSR count). The van der Waals surface area contributed by atoms with Gasteiger partial charge in [-0.3, -0.25) is 9.59 Å². The number of nitrogens with one attached hydrogen (secondary N) is 2. The molecule has 3 aromatic rings. The summed E-state index contributed by atoms with van der Waals surface area (Å²) in [5.41, 5.74) is 3.71. The second-order valence-electron chi connectivity index (χ2n) is 6.86. The lowest BCUT2D eigenvalue weighted by Crippen LogP contribution is -2.38. The van der Waals surface area contributed by atoms with Crippen LogP contribution in [0.2, 0.25) is 0 Å². The van der Waals surface area contributed by atoms with Crippen LogP contribution in [-0.4, -0.2) is 26.8 Å². The number of amides is 1. The van der Waals surface area contributed by atoms with Crippen LogP contribution in [0.25, 0.3) is 10.9 Å². The van der Waals surface area contributed by atoms with E-state index in [0.29, 0.717) is 11.1 Å². The predicted octanol–water partition coefficient (Wildman–Crippen LogP) is 4.29. The molecule has 0 aliphatic rings. The van der Waals surface area contributed by atoms with E-state index in [-0.39, 0.29) is 24.1 Å². The fraction of sp³-hybridized carbons (Fsp3) is 0.300. The summed E-state index contributed by atoms with van der Waals surface area (Å²) < 4.78 is 0.837. The van der Waals surface area contributed by atoms with E-state index < -0.39 is 0 Å². The molecule has 0 atom stereocenters. The Morgan fingerprint density at radius 2 is 1.96 bits per heavy atom. The van der Waals surface area contributed by atoms with Gasteiger partial charge in [-0.25, -0.2) is 0 Å². The molecular formula is C20H22BrN3O2. The third-order valence-electron chi connectivity index (χ3n) is 4.57. The highest BCUT2D eigenvalue weighted by atomic mass is 79.9. The van der Waals surface area contributed by atoms with Gasteiger partial charge in [0.05, 0.1) is 12.1 Å². The molecule has 1 amide bonds. The van der Waals surface area contributed by atoms with Crippen LogP contribution in [0.1, 0.15) is 41.0 Å². The molecule has 0 saturated heterocycles. The summed E-state index contributed by atoms with van der Waals surface area (Å²) in [6.45, 7) is 7.96. The van der Waals surface area contributed by atoms with E-state index in [4.69, 9.17) is 0 Å². The van der Waals surface area contributed by atoms with Crippen LogP contribution in [-0.2, 0) is 6.54 Å². The number of H-pyrrole nitrogens is 2. The number of hydrogen-bond donors (Lipinski definition) is 2. The normalized spacial score (nSPS) is 11.3. The van der Waals surface area contributed by atoms with Crippen molar-refractivity contribution in [1.29, 1.82) is 0 Å². The van der Waals surface area contributed by atoms with Gasteiger partial charge in [-0.2, -0.15) is 0 Å². The molecule has 2 N–H and O–H groups in total. The highest BCUT2D eigenvalue weighted by Gasteiger charge is 2.23. The lowest BCUT2D eigenvalue weighted by molar-refractivity contribution is 0.0691. The number of fused-ring (bicyclic) bond motifs is 1. The molecule has 26 heavy (non-hydrogen) atoms. The monoisotopic (exact) mass is 415 g/mol. The summed E-state index contributed by atoms with van der Waals surface area (Å²) in [6, 6.07) is 7.57. The number of hydrogen-bond acceptors (Lipinski definition) is 2. The summed E-state index contributed by atoms with van der Waals surface area (Å²) in [6.07, 6.45) is 1.82. The maximum atomic E-state index is 13.3. The first-order valence-corrected chi connectivity index (χ1v) is 9.34. The Kier molecular flexibility index (Phi) is 5.05. The maximum absolute atomic E-state index is 13.3. The minimum absolute atomic E-state index is 0.0458. The minimum Gasteiger partial charge on any atom is -0.361 e. The average molecular weight is 416 g/mol. The first-order chi connectivity index (χ1) is 12.3. The van der Waals surface area contributed by atoms with Gasteiger partial charge in [0.2, 0.25) is 0 Å². The van der Waals surface area contributed by atoms with Crippen LogP contribution >= 0.6 is 15.9 Å². The largest absolute Gasteiger partial charge is 0.361 e. The van der Waals surface area contributed by atoms with E-state index in [9.17, 15) is 9.59 Å². The molecule has 0 saturated carbocycles. The zero-order valence-corrected chi connectivity index (χ0v) is 16.9. The van der Waals surface area contributed by atoms with Crippen LogP contribution in [0.4, 0.5) is 0 Å². The van der Waals surface area contributed by atoms with Crippen molar-refractivity contribution in [3.05, 3.63) is 67.7 Å². The van der Waals surface area contributed by atoms with Crippen molar-refractivity contribution in [2.24, 2.45) is 0 Å². The number of halogens is 1.